The molecule has 14 nitrogen and oxygen atoms in total. The average Bonchev–Trinajstić information content (AvgIpc) is 3.18. The number of carbonyl (C=O) groups is 4. The second-order valence-electron chi connectivity index (χ2n) is 11.3. The minimum atomic E-state index is -2.08. The number of hydrogen-bond donors (Lipinski definition) is 2. The Morgan fingerprint density at radius 1 is 0.385 bits per heavy atom. The summed E-state index contributed by atoms with van der Waals surface area (Å²) in [5.74, 6) is -3.78. The number of methoxy groups -OCH3 is 4. The number of ether oxygens (including phenoxy) is 8. The van der Waals surface area contributed by atoms with Gasteiger partial charge in [0.25, 0.3) is 0 Å². The van der Waals surface area contributed by atoms with Crippen LogP contribution in [0, 0.1) is 0 Å². The molecule has 1 aliphatic rings. The van der Waals surface area contributed by atoms with Crippen molar-refractivity contribution >= 4 is 23.9 Å². The van der Waals surface area contributed by atoms with Gasteiger partial charge in [0.15, 0.2) is 24.4 Å². The molecule has 0 spiro atoms. The van der Waals surface area contributed by atoms with Gasteiger partial charge in [0.1, 0.15) is 57.5 Å². The average molecular weight is 717 g/mol. The SMILES string of the molecule is COc1ccccc1C(=O)OC1[C@H](OC(=O)c2ccccc2OC)C(O)C(O)[C@H](OC(=O)c2ccccc2OC)[C@H]1OC(=O)c1ccccc1OC. The van der Waals surface area contributed by atoms with Gasteiger partial charge in [-0.05, 0) is 48.5 Å². The van der Waals surface area contributed by atoms with Crippen LogP contribution in [0.2, 0.25) is 0 Å². The van der Waals surface area contributed by atoms with E-state index in [1.54, 1.807) is 24.3 Å². The number of esters is 4. The van der Waals surface area contributed by atoms with Crippen LogP contribution in [0.3, 0.4) is 0 Å². The molecule has 0 radical (unpaired) electrons. The molecule has 0 aromatic heterocycles. The van der Waals surface area contributed by atoms with Gasteiger partial charge in [-0.3, -0.25) is 0 Å². The largest absolute Gasteiger partial charge is 0.496 e. The van der Waals surface area contributed by atoms with Crippen molar-refractivity contribution in [3.63, 3.8) is 0 Å². The summed E-state index contributed by atoms with van der Waals surface area (Å²) in [6.07, 6.45) is -11.8. The van der Waals surface area contributed by atoms with Crippen LogP contribution in [0.15, 0.2) is 97.1 Å². The van der Waals surface area contributed by atoms with Crippen molar-refractivity contribution in [2.75, 3.05) is 28.4 Å². The van der Waals surface area contributed by atoms with Gasteiger partial charge in [0, 0.05) is 0 Å². The van der Waals surface area contributed by atoms with Crippen LogP contribution in [0.5, 0.6) is 23.0 Å². The molecule has 0 bridgehead atoms. The number of aliphatic hydroxyl groups is 2. The first-order chi connectivity index (χ1) is 25.1. The summed E-state index contributed by atoms with van der Waals surface area (Å²) in [6, 6.07) is 24.1. The Kier molecular flexibility index (Phi) is 11.9. The van der Waals surface area contributed by atoms with Crippen LogP contribution in [-0.4, -0.2) is 99.2 Å². The van der Waals surface area contributed by atoms with Gasteiger partial charge in [-0.2, -0.15) is 0 Å². The fourth-order valence-corrected chi connectivity index (χ4v) is 5.69. The molecule has 0 aliphatic heterocycles. The van der Waals surface area contributed by atoms with Gasteiger partial charge in [0.05, 0.1) is 28.4 Å². The highest BCUT2D eigenvalue weighted by molar-refractivity contribution is 5.95. The zero-order valence-electron chi connectivity index (χ0n) is 28.5. The molecule has 1 saturated carbocycles. The molecule has 3 unspecified atom stereocenters. The second kappa shape index (κ2) is 16.7. The van der Waals surface area contributed by atoms with Crippen molar-refractivity contribution in [1.29, 1.82) is 0 Å². The predicted octanol–water partition coefficient (Wildman–Crippen LogP) is 3.66. The van der Waals surface area contributed by atoms with Crippen LogP contribution in [0.4, 0.5) is 0 Å². The highest BCUT2D eigenvalue weighted by Crippen LogP contribution is 2.35. The molecule has 4 aromatic rings. The molecule has 52 heavy (non-hydrogen) atoms. The van der Waals surface area contributed by atoms with E-state index in [4.69, 9.17) is 37.9 Å². The maximum atomic E-state index is 13.8. The van der Waals surface area contributed by atoms with Crippen LogP contribution in [0.25, 0.3) is 0 Å². The summed E-state index contributed by atoms with van der Waals surface area (Å²) in [5, 5.41) is 23.1. The lowest BCUT2D eigenvalue weighted by molar-refractivity contribution is -0.223. The van der Waals surface area contributed by atoms with Gasteiger partial charge in [-0.15, -0.1) is 0 Å². The first kappa shape index (κ1) is 37.1. The molecule has 14 heteroatoms. The molecule has 6 atom stereocenters. The standard InChI is InChI=1S/C38H36O14/c1-45-25-17-9-5-13-21(25)35(41)49-31-29(39)30(40)32(50-36(42)22-14-6-10-18-26(22)46-2)34(52-38(44)24-16-8-12-20-28(24)48-4)33(31)51-37(43)23-15-7-11-19-27(23)47-3/h5-20,29-34,39-40H,1-4H3/t29?,30?,31-,32+,33+,34?/m0/s1. The van der Waals surface area contributed by atoms with E-state index in [0.717, 1.165) is 0 Å². The molecule has 1 fully saturated rings. The summed E-state index contributed by atoms with van der Waals surface area (Å²) < 4.78 is 44.4. The van der Waals surface area contributed by atoms with Crippen molar-refractivity contribution in [3.05, 3.63) is 119 Å². The lowest BCUT2D eigenvalue weighted by atomic mass is 9.84. The summed E-state index contributed by atoms with van der Waals surface area (Å²) in [5.41, 5.74) is -0.321. The molecule has 2 N–H and O–H groups in total. The molecule has 1 aliphatic carbocycles. The number of para-hydroxylation sites is 4. The summed E-state index contributed by atoms with van der Waals surface area (Å²) in [7, 11) is 5.32. The topological polar surface area (TPSA) is 183 Å². The number of hydrogen-bond acceptors (Lipinski definition) is 14. The van der Waals surface area contributed by atoms with E-state index < -0.39 is 60.5 Å². The molecule has 0 saturated heterocycles. The molecule has 0 amide bonds. The Bertz CT molecular complexity index is 1770. The third-order valence-electron chi connectivity index (χ3n) is 8.27. The molecule has 5 rings (SSSR count). The maximum Gasteiger partial charge on any atom is 0.342 e. The Hall–Kier alpha value is -6.12. The quantitative estimate of drug-likeness (QED) is 0.160. The van der Waals surface area contributed by atoms with E-state index in [9.17, 15) is 29.4 Å². The number of aliphatic hydroxyl groups excluding tert-OH is 2. The normalized spacial score (nSPS) is 20.8. The van der Waals surface area contributed by atoms with Crippen molar-refractivity contribution < 1.29 is 67.3 Å². The van der Waals surface area contributed by atoms with E-state index in [0.29, 0.717) is 0 Å². The van der Waals surface area contributed by atoms with Gasteiger partial charge >= 0.3 is 23.9 Å². The van der Waals surface area contributed by atoms with E-state index in [-0.39, 0.29) is 45.3 Å². The monoisotopic (exact) mass is 716 g/mol. The molecule has 272 valence electrons. The highest BCUT2D eigenvalue weighted by Gasteiger charge is 2.58. The van der Waals surface area contributed by atoms with Crippen molar-refractivity contribution in [1.82, 2.24) is 0 Å². The number of carbonyl (C=O) groups excluding carboxylic acids is 4. The summed E-state index contributed by atoms with van der Waals surface area (Å²) >= 11 is 0. The number of benzene rings is 4. The van der Waals surface area contributed by atoms with Gasteiger partial charge in [0.2, 0.25) is 0 Å². The third-order valence-corrected chi connectivity index (χ3v) is 8.27. The minimum Gasteiger partial charge on any atom is -0.496 e. The lowest BCUT2D eigenvalue weighted by Gasteiger charge is -2.45. The van der Waals surface area contributed by atoms with Crippen LogP contribution < -0.4 is 18.9 Å². The van der Waals surface area contributed by atoms with Crippen LogP contribution >= 0.6 is 0 Å². The van der Waals surface area contributed by atoms with E-state index in [1.165, 1.54) is 101 Å². The zero-order valence-corrected chi connectivity index (χ0v) is 28.5. The Labute approximate surface area is 298 Å². The summed E-state index contributed by atoms with van der Waals surface area (Å²) in [4.78, 5) is 54.9. The minimum absolute atomic E-state index is 0.0752. The van der Waals surface area contributed by atoms with Gasteiger partial charge in [-0.25, -0.2) is 19.2 Å². The van der Waals surface area contributed by atoms with E-state index >= 15 is 0 Å². The van der Waals surface area contributed by atoms with Gasteiger partial charge < -0.3 is 48.1 Å². The van der Waals surface area contributed by atoms with Crippen LogP contribution in [0.1, 0.15) is 41.4 Å². The Balaban J connectivity index is 1.63. The lowest BCUT2D eigenvalue weighted by Crippen LogP contribution is -2.67. The zero-order chi connectivity index (χ0) is 37.4. The summed E-state index contributed by atoms with van der Waals surface area (Å²) in [6.45, 7) is 0. The van der Waals surface area contributed by atoms with Crippen molar-refractivity contribution in [2.24, 2.45) is 0 Å². The molecule has 4 aromatic carbocycles. The van der Waals surface area contributed by atoms with Crippen molar-refractivity contribution in [2.45, 2.75) is 36.6 Å². The Morgan fingerprint density at radius 2 is 0.596 bits per heavy atom. The van der Waals surface area contributed by atoms with Crippen molar-refractivity contribution in [3.8, 4) is 23.0 Å². The molecular formula is C38H36O14. The highest BCUT2D eigenvalue weighted by atomic mass is 16.6. The fourth-order valence-electron chi connectivity index (χ4n) is 5.69. The molecule has 0 heterocycles. The predicted molar refractivity (Wildman–Crippen MR) is 181 cm³/mol. The van der Waals surface area contributed by atoms with E-state index in [1.807, 2.05) is 0 Å². The Morgan fingerprint density at radius 3 is 0.827 bits per heavy atom. The smallest absolute Gasteiger partial charge is 0.342 e. The van der Waals surface area contributed by atoms with E-state index in [2.05, 4.69) is 0 Å². The third kappa shape index (κ3) is 7.77. The molecular weight excluding hydrogens is 680 g/mol. The van der Waals surface area contributed by atoms with Crippen LogP contribution in [-0.2, 0) is 18.9 Å². The van der Waals surface area contributed by atoms with Gasteiger partial charge in [-0.1, -0.05) is 48.5 Å². The first-order valence-corrected chi connectivity index (χ1v) is 15.9. The number of rotatable bonds is 12. The maximum absolute atomic E-state index is 13.8. The second-order valence-corrected chi connectivity index (χ2v) is 11.3. The fraction of sp³-hybridized carbons (Fsp3) is 0.263. The first-order valence-electron chi connectivity index (χ1n) is 15.9.